The Morgan fingerprint density at radius 3 is 2.49 bits per heavy atom. The van der Waals surface area contributed by atoms with Gasteiger partial charge in [-0.1, -0.05) is 67.4 Å². The predicted octanol–water partition coefficient (Wildman–Crippen LogP) is 5.10. The summed E-state index contributed by atoms with van der Waals surface area (Å²) in [5.74, 6) is -0.137. The largest absolute Gasteiger partial charge is 0.352 e. The van der Waals surface area contributed by atoms with Crippen LogP contribution in [0.2, 0.25) is 0 Å². The fourth-order valence-electron chi connectivity index (χ4n) is 5.70. The molecular weight excluding hydrogens is 462 g/mol. The quantitative estimate of drug-likeness (QED) is 0.424. The summed E-state index contributed by atoms with van der Waals surface area (Å²) in [5.41, 5.74) is 2.77. The van der Waals surface area contributed by atoms with Crippen molar-refractivity contribution in [3.63, 3.8) is 0 Å². The van der Waals surface area contributed by atoms with Crippen LogP contribution in [0.15, 0.2) is 66.7 Å². The van der Waals surface area contributed by atoms with Gasteiger partial charge in [0.2, 0.25) is 11.8 Å². The Bertz CT molecular complexity index is 1280. The number of carbonyl (C=O) groups is 3. The van der Waals surface area contributed by atoms with E-state index in [4.69, 9.17) is 0 Å². The average Bonchev–Trinajstić information content (AvgIpc) is 3.53. The molecular formula is C31H35N3O3. The van der Waals surface area contributed by atoms with E-state index < -0.39 is 6.04 Å². The number of carbonyl (C=O) groups excluding carboxylic acids is 3. The van der Waals surface area contributed by atoms with Gasteiger partial charge in [-0.25, -0.2) is 0 Å². The molecule has 1 saturated carbocycles. The lowest BCUT2D eigenvalue weighted by atomic mass is 10.1. The summed E-state index contributed by atoms with van der Waals surface area (Å²) < 4.78 is 0. The van der Waals surface area contributed by atoms with Crippen molar-refractivity contribution in [2.24, 2.45) is 0 Å². The van der Waals surface area contributed by atoms with Crippen molar-refractivity contribution in [3.05, 3.63) is 77.9 Å². The number of hydrogen-bond donors (Lipinski definition) is 1. The summed E-state index contributed by atoms with van der Waals surface area (Å²) >= 11 is 0. The maximum Gasteiger partial charge on any atom is 0.258 e. The van der Waals surface area contributed by atoms with Crippen LogP contribution in [-0.4, -0.2) is 47.8 Å². The molecule has 37 heavy (non-hydrogen) atoms. The van der Waals surface area contributed by atoms with E-state index in [-0.39, 0.29) is 30.2 Å². The van der Waals surface area contributed by atoms with E-state index in [2.05, 4.69) is 5.32 Å². The summed E-state index contributed by atoms with van der Waals surface area (Å²) in [7, 11) is 0. The lowest BCUT2D eigenvalue weighted by Gasteiger charge is -2.30. The van der Waals surface area contributed by atoms with Crippen molar-refractivity contribution < 1.29 is 14.4 Å². The van der Waals surface area contributed by atoms with Gasteiger partial charge in [-0.3, -0.25) is 14.4 Å². The first-order chi connectivity index (χ1) is 18.0. The first-order valence-electron chi connectivity index (χ1n) is 13.5. The van der Waals surface area contributed by atoms with Crippen molar-refractivity contribution in [2.75, 3.05) is 18.0 Å². The normalized spacial score (nSPS) is 15.8. The Balaban J connectivity index is 1.24. The third-order valence-corrected chi connectivity index (χ3v) is 7.77. The van der Waals surface area contributed by atoms with Crippen molar-refractivity contribution in [2.45, 2.75) is 64.0 Å². The van der Waals surface area contributed by atoms with Gasteiger partial charge < -0.3 is 15.1 Å². The monoisotopic (exact) mass is 497 g/mol. The second kappa shape index (κ2) is 11.2. The van der Waals surface area contributed by atoms with Gasteiger partial charge in [0.1, 0.15) is 6.04 Å². The van der Waals surface area contributed by atoms with Crippen LogP contribution < -0.4 is 10.2 Å². The maximum atomic E-state index is 13.5. The standard InChI is InChI=1S/C31H35N3O3/c1-22(30(36)32-25-14-5-6-15-25)33(21-19-23-10-3-2-4-11-23)28(35)18-9-20-34-27-17-8-13-24-12-7-16-26(29(24)27)31(34)37/h2-4,7-8,10-13,16-17,22,25H,5-6,9,14-15,18-21H2,1H3,(H,32,36)/t22-/m0/s1. The summed E-state index contributed by atoms with van der Waals surface area (Å²) in [6.45, 7) is 2.78. The lowest BCUT2D eigenvalue weighted by Crippen LogP contribution is -2.50. The van der Waals surface area contributed by atoms with Crippen molar-refractivity contribution in [3.8, 4) is 0 Å². The summed E-state index contributed by atoms with van der Waals surface area (Å²) in [4.78, 5) is 43.1. The number of nitrogens with one attached hydrogen (secondary N) is 1. The van der Waals surface area contributed by atoms with Crippen LogP contribution in [0, 0.1) is 0 Å². The van der Waals surface area contributed by atoms with Gasteiger partial charge in [-0.05, 0) is 55.7 Å². The van der Waals surface area contributed by atoms with Gasteiger partial charge in [-0.15, -0.1) is 0 Å². The van der Waals surface area contributed by atoms with Gasteiger partial charge in [-0.2, -0.15) is 0 Å². The maximum absolute atomic E-state index is 13.5. The molecule has 1 N–H and O–H groups in total. The van der Waals surface area contributed by atoms with Gasteiger partial charge in [0, 0.05) is 36.5 Å². The summed E-state index contributed by atoms with van der Waals surface area (Å²) in [5, 5.41) is 5.20. The van der Waals surface area contributed by atoms with E-state index in [0.717, 1.165) is 53.3 Å². The van der Waals surface area contributed by atoms with Crippen LogP contribution in [0.1, 0.15) is 61.4 Å². The molecule has 6 heteroatoms. The SMILES string of the molecule is C[C@@H](C(=O)NC1CCCC1)N(CCc1ccccc1)C(=O)CCCN1C(=O)c2cccc3cccc1c23. The third-order valence-electron chi connectivity index (χ3n) is 7.77. The molecule has 3 aromatic carbocycles. The fourth-order valence-corrected chi connectivity index (χ4v) is 5.70. The molecule has 2 aliphatic rings. The van der Waals surface area contributed by atoms with Crippen LogP contribution in [-0.2, 0) is 16.0 Å². The van der Waals surface area contributed by atoms with E-state index in [1.54, 1.807) is 9.80 Å². The number of amides is 3. The zero-order valence-corrected chi connectivity index (χ0v) is 21.5. The zero-order chi connectivity index (χ0) is 25.8. The van der Waals surface area contributed by atoms with E-state index in [1.807, 2.05) is 73.7 Å². The Morgan fingerprint density at radius 2 is 1.73 bits per heavy atom. The number of hydrogen-bond acceptors (Lipinski definition) is 3. The van der Waals surface area contributed by atoms with Gasteiger partial charge in [0.15, 0.2) is 0 Å². The summed E-state index contributed by atoms with van der Waals surface area (Å²) in [6, 6.07) is 21.5. The molecule has 1 aliphatic carbocycles. The lowest BCUT2D eigenvalue weighted by molar-refractivity contribution is -0.140. The Hall–Kier alpha value is -3.67. The molecule has 1 fully saturated rings. The van der Waals surface area contributed by atoms with Gasteiger partial charge in [0.05, 0.1) is 5.69 Å². The Labute approximate surface area is 218 Å². The van der Waals surface area contributed by atoms with Crippen molar-refractivity contribution >= 4 is 34.2 Å². The molecule has 0 unspecified atom stereocenters. The molecule has 5 rings (SSSR count). The molecule has 1 aliphatic heterocycles. The molecule has 0 aromatic heterocycles. The third kappa shape index (κ3) is 5.38. The first-order valence-corrected chi connectivity index (χ1v) is 13.5. The highest BCUT2D eigenvalue weighted by Crippen LogP contribution is 2.37. The minimum absolute atomic E-state index is 0.00973. The topological polar surface area (TPSA) is 69.7 Å². The predicted molar refractivity (Wildman–Crippen MR) is 147 cm³/mol. The van der Waals surface area contributed by atoms with Crippen LogP contribution in [0.5, 0.6) is 0 Å². The van der Waals surface area contributed by atoms with Gasteiger partial charge in [0.25, 0.3) is 5.91 Å². The highest BCUT2D eigenvalue weighted by atomic mass is 16.2. The average molecular weight is 498 g/mol. The summed E-state index contributed by atoms with van der Waals surface area (Å²) in [6.07, 6.45) is 5.81. The van der Waals surface area contributed by atoms with Crippen LogP contribution in [0.25, 0.3) is 10.8 Å². The molecule has 0 saturated heterocycles. The Morgan fingerprint density at radius 1 is 1.00 bits per heavy atom. The van der Waals surface area contributed by atoms with Crippen molar-refractivity contribution in [1.29, 1.82) is 0 Å². The van der Waals surface area contributed by atoms with E-state index >= 15 is 0 Å². The van der Waals surface area contributed by atoms with Crippen molar-refractivity contribution in [1.82, 2.24) is 10.2 Å². The molecule has 6 nitrogen and oxygen atoms in total. The molecule has 0 radical (unpaired) electrons. The number of anilines is 1. The Kier molecular flexibility index (Phi) is 7.54. The number of benzene rings is 3. The molecule has 1 heterocycles. The highest BCUT2D eigenvalue weighted by molar-refractivity contribution is 6.25. The van der Waals surface area contributed by atoms with Crippen LogP contribution >= 0.6 is 0 Å². The minimum Gasteiger partial charge on any atom is -0.352 e. The zero-order valence-electron chi connectivity index (χ0n) is 21.5. The molecule has 192 valence electrons. The molecule has 0 bridgehead atoms. The molecule has 0 spiro atoms. The number of nitrogens with zero attached hydrogens (tertiary/aromatic N) is 2. The van der Waals surface area contributed by atoms with E-state index in [1.165, 1.54) is 0 Å². The molecule has 3 aromatic rings. The van der Waals surface area contributed by atoms with E-state index in [0.29, 0.717) is 25.9 Å². The second-order valence-corrected chi connectivity index (χ2v) is 10.2. The van der Waals surface area contributed by atoms with Crippen LogP contribution in [0.4, 0.5) is 5.69 Å². The van der Waals surface area contributed by atoms with Gasteiger partial charge >= 0.3 is 0 Å². The molecule has 3 amide bonds. The smallest absolute Gasteiger partial charge is 0.258 e. The van der Waals surface area contributed by atoms with Crippen LogP contribution in [0.3, 0.4) is 0 Å². The minimum atomic E-state index is -0.539. The number of rotatable bonds is 10. The second-order valence-electron chi connectivity index (χ2n) is 10.2. The van der Waals surface area contributed by atoms with E-state index in [9.17, 15) is 14.4 Å². The first kappa shape index (κ1) is 25.0. The fraction of sp³-hybridized carbons (Fsp3) is 0.387. The molecule has 1 atom stereocenters. The highest BCUT2D eigenvalue weighted by Gasteiger charge is 2.31.